The highest BCUT2D eigenvalue weighted by Crippen LogP contribution is 2.31. The lowest BCUT2D eigenvalue weighted by molar-refractivity contribution is 0.986. The van der Waals surface area contributed by atoms with Crippen molar-refractivity contribution in [3.05, 3.63) is 144 Å². The van der Waals surface area contributed by atoms with Gasteiger partial charge in [0.1, 0.15) is 0 Å². The number of nitrogens with two attached hydrogens (primary N) is 1. The molecule has 0 bridgehead atoms. The molecule has 0 fully saturated rings. The molecule has 1 aliphatic rings. The lowest BCUT2D eigenvalue weighted by atomic mass is 9.89. The fourth-order valence-corrected chi connectivity index (χ4v) is 4.32. The summed E-state index contributed by atoms with van der Waals surface area (Å²) in [5.41, 5.74) is 17.6. The third-order valence-corrected chi connectivity index (χ3v) is 6.23. The summed E-state index contributed by atoms with van der Waals surface area (Å²) in [6.45, 7) is 10.0. The minimum absolute atomic E-state index is 0.707. The van der Waals surface area contributed by atoms with Crippen LogP contribution in [0.4, 0.5) is 0 Å². The molecule has 34 heavy (non-hydrogen) atoms. The molecule has 0 radical (unpaired) electrons. The minimum atomic E-state index is 0.707. The minimum Gasteiger partial charge on any atom is -0.398 e. The van der Waals surface area contributed by atoms with Gasteiger partial charge in [-0.15, -0.1) is 0 Å². The van der Waals surface area contributed by atoms with Gasteiger partial charge in [-0.1, -0.05) is 116 Å². The summed E-state index contributed by atoms with van der Waals surface area (Å²) in [5.74, 6) is 0. The summed E-state index contributed by atoms with van der Waals surface area (Å²) < 4.78 is 0. The van der Waals surface area contributed by atoms with Gasteiger partial charge >= 0.3 is 0 Å². The standard InChI is InChI=1S/C33H31N/c1-4-6-10-25(5-2)27-17-15-26(16-18-27)24(3)23-33(34)30-21-19-29(20-22-30)32-14-9-12-28-11-7-8-13-31(28)32/h4-6,8-10,12-23H,1,3,7,11,34H2,2H3/b10-6-,25-5+,33-23-. The van der Waals surface area contributed by atoms with Crippen molar-refractivity contribution >= 4 is 22.9 Å². The Morgan fingerprint density at radius 3 is 2.32 bits per heavy atom. The summed E-state index contributed by atoms with van der Waals surface area (Å²) in [6.07, 6.45) is 16.6. The second kappa shape index (κ2) is 10.7. The SMILES string of the molecule is C=C/C=C\C(=C/C)c1ccc(C(=C)/C=C(\N)c2ccc(-c3cccc4c3C=CCC4)cc2)cc1. The van der Waals surface area contributed by atoms with E-state index in [4.69, 9.17) is 5.73 Å². The highest BCUT2D eigenvalue weighted by Gasteiger charge is 2.10. The number of hydrogen-bond acceptors (Lipinski definition) is 1. The molecule has 0 heterocycles. The molecule has 3 aromatic rings. The van der Waals surface area contributed by atoms with Gasteiger partial charge in [-0.05, 0) is 75.9 Å². The van der Waals surface area contributed by atoms with Crippen LogP contribution in [0.2, 0.25) is 0 Å². The van der Waals surface area contributed by atoms with E-state index in [2.05, 4.69) is 104 Å². The van der Waals surface area contributed by atoms with Crippen molar-refractivity contribution in [2.45, 2.75) is 19.8 Å². The smallest absolute Gasteiger partial charge is 0.0393 e. The van der Waals surface area contributed by atoms with E-state index < -0.39 is 0 Å². The molecule has 168 valence electrons. The molecule has 0 amide bonds. The van der Waals surface area contributed by atoms with Gasteiger partial charge in [0.05, 0.1) is 0 Å². The Morgan fingerprint density at radius 1 is 0.912 bits per heavy atom. The van der Waals surface area contributed by atoms with E-state index in [1.165, 1.54) is 22.3 Å². The Balaban J connectivity index is 1.52. The van der Waals surface area contributed by atoms with Crippen LogP contribution < -0.4 is 5.73 Å². The van der Waals surface area contributed by atoms with Gasteiger partial charge in [0.2, 0.25) is 0 Å². The van der Waals surface area contributed by atoms with Crippen LogP contribution in [0.15, 0.2) is 116 Å². The van der Waals surface area contributed by atoms with Crippen molar-refractivity contribution in [2.75, 3.05) is 0 Å². The Morgan fingerprint density at radius 2 is 1.62 bits per heavy atom. The van der Waals surface area contributed by atoms with Crippen LogP contribution in [0.5, 0.6) is 0 Å². The monoisotopic (exact) mass is 441 g/mol. The molecule has 0 unspecified atom stereocenters. The number of fused-ring (bicyclic) bond motifs is 1. The van der Waals surface area contributed by atoms with Crippen LogP contribution in [-0.2, 0) is 6.42 Å². The number of rotatable bonds is 7. The third kappa shape index (κ3) is 5.10. The summed E-state index contributed by atoms with van der Waals surface area (Å²) >= 11 is 0. The molecular formula is C33H31N. The number of aryl methyl sites for hydroxylation is 1. The zero-order valence-electron chi connectivity index (χ0n) is 19.8. The van der Waals surface area contributed by atoms with Crippen LogP contribution in [0.25, 0.3) is 34.0 Å². The first-order chi connectivity index (χ1) is 16.6. The summed E-state index contributed by atoms with van der Waals surface area (Å²) in [4.78, 5) is 0. The quantitative estimate of drug-likeness (QED) is 0.366. The third-order valence-electron chi connectivity index (χ3n) is 6.23. The first-order valence-electron chi connectivity index (χ1n) is 11.7. The molecule has 2 N–H and O–H groups in total. The topological polar surface area (TPSA) is 26.0 Å². The van der Waals surface area contributed by atoms with Crippen LogP contribution in [0.1, 0.15) is 41.2 Å². The van der Waals surface area contributed by atoms with E-state index in [0.29, 0.717) is 5.70 Å². The molecule has 0 aromatic heterocycles. The first-order valence-corrected chi connectivity index (χ1v) is 11.7. The normalized spacial score (nSPS) is 13.7. The van der Waals surface area contributed by atoms with Crippen molar-refractivity contribution in [1.29, 1.82) is 0 Å². The van der Waals surface area contributed by atoms with Gasteiger partial charge < -0.3 is 5.73 Å². The van der Waals surface area contributed by atoms with Crippen molar-refractivity contribution in [2.24, 2.45) is 5.73 Å². The molecule has 0 aliphatic heterocycles. The molecule has 0 saturated carbocycles. The lowest BCUT2D eigenvalue weighted by Crippen LogP contribution is -1.98. The lowest BCUT2D eigenvalue weighted by Gasteiger charge is -2.15. The van der Waals surface area contributed by atoms with E-state index in [1.54, 1.807) is 6.08 Å². The summed E-state index contributed by atoms with van der Waals surface area (Å²) in [6, 6.07) is 23.5. The molecular weight excluding hydrogens is 410 g/mol. The largest absolute Gasteiger partial charge is 0.398 e. The highest BCUT2D eigenvalue weighted by molar-refractivity contribution is 5.84. The molecule has 3 aromatic carbocycles. The fraction of sp³-hybridized carbons (Fsp3) is 0.0909. The van der Waals surface area contributed by atoms with Crippen LogP contribution in [0.3, 0.4) is 0 Å². The van der Waals surface area contributed by atoms with Crippen LogP contribution in [-0.4, -0.2) is 0 Å². The maximum absolute atomic E-state index is 6.45. The maximum atomic E-state index is 6.45. The zero-order chi connectivity index (χ0) is 23.9. The van der Waals surface area contributed by atoms with Crippen LogP contribution >= 0.6 is 0 Å². The first kappa shape index (κ1) is 23.1. The molecule has 0 atom stereocenters. The van der Waals surface area contributed by atoms with Crippen molar-refractivity contribution < 1.29 is 0 Å². The molecule has 1 aliphatic carbocycles. The Labute approximate surface area is 203 Å². The number of hydrogen-bond donors (Lipinski definition) is 1. The van der Waals surface area contributed by atoms with Crippen molar-refractivity contribution in [1.82, 2.24) is 0 Å². The number of allylic oxidation sites excluding steroid dienone is 8. The van der Waals surface area contributed by atoms with Gasteiger partial charge in [0.25, 0.3) is 0 Å². The fourth-order valence-electron chi connectivity index (χ4n) is 4.32. The molecule has 0 spiro atoms. The average Bonchev–Trinajstić information content (AvgIpc) is 2.89. The summed E-state index contributed by atoms with van der Waals surface area (Å²) in [7, 11) is 0. The molecule has 1 heteroatoms. The Bertz CT molecular complexity index is 1310. The second-order valence-corrected chi connectivity index (χ2v) is 8.44. The van der Waals surface area contributed by atoms with Crippen LogP contribution in [0, 0.1) is 0 Å². The second-order valence-electron chi connectivity index (χ2n) is 8.44. The van der Waals surface area contributed by atoms with E-state index in [-0.39, 0.29) is 0 Å². The Hall–Kier alpha value is -4.10. The van der Waals surface area contributed by atoms with Gasteiger partial charge in [-0.2, -0.15) is 0 Å². The van der Waals surface area contributed by atoms with E-state index >= 15 is 0 Å². The van der Waals surface area contributed by atoms with E-state index in [9.17, 15) is 0 Å². The van der Waals surface area contributed by atoms with Crippen molar-refractivity contribution in [3.8, 4) is 11.1 Å². The zero-order valence-corrected chi connectivity index (χ0v) is 19.8. The number of benzene rings is 3. The summed E-state index contributed by atoms with van der Waals surface area (Å²) in [5, 5.41) is 0. The van der Waals surface area contributed by atoms with E-state index in [0.717, 1.165) is 40.7 Å². The molecule has 0 saturated heterocycles. The van der Waals surface area contributed by atoms with Gasteiger partial charge in [0, 0.05) is 5.70 Å². The average molecular weight is 442 g/mol. The maximum Gasteiger partial charge on any atom is 0.0393 e. The van der Waals surface area contributed by atoms with Gasteiger partial charge in [0.15, 0.2) is 0 Å². The predicted molar refractivity (Wildman–Crippen MR) is 150 cm³/mol. The molecule has 1 nitrogen and oxygen atoms in total. The highest BCUT2D eigenvalue weighted by atomic mass is 14.6. The predicted octanol–water partition coefficient (Wildman–Crippen LogP) is 8.47. The van der Waals surface area contributed by atoms with Gasteiger partial charge in [-0.25, -0.2) is 0 Å². The Kier molecular flexibility index (Phi) is 7.25. The van der Waals surface area contributed by atoms with Gasteiger partial charge in [-0.3, -0.25) is 0 Å². The molecule has 4 rings (SSSR count). The van der Waals surface area contributed by atoms with E-state index in [1.807, 2.05) is 19.1 Å². The van der Waals surface area contributed by atoms with Crippen molar-refractivity contribution in [3.63, 3.8) is 0 Å².